The van der Waals surface area contributed by atoms with Gasteiger partial charge in [-0.1, -0.05) is 5.21 Å². The Balaban J connectivity index is 1.79. The van der Waals surface area contributed by atoms with Crippen LogP contribution >= 0.6 is 12.2 Å². The molecule has 0 saturated carbocycles. The van der Waals surface area contributed by atoms with Crippen LogP contribution in [0.2, 0.25) is 0 Å². The molecule has 1 aliphatic rings. The molecule has 3 rings (SSSR count). The van der Waals surface area contributed by atoms with E-state index in [1.54, 1.807) is 23.0 Å². The number of carbonyl (C=O) groups is 1. The highest BCUT2D eigenvalue weighted by Crippen LogP contribution is 2.27. The van der Waals surface area contributed by atoms with Crippen molar-refractivity contribution < 1.29 is 18.3 Å². The second-order valence-corrected chi connectivity index (χ2v) is 6.68. The van der Waals surface area contributed by atoms with Crippen LogP contribution < -0.4 is 10.2 Å². The van der Waals surface area contributed by atoms with Gasteiger partial charge in [-0.3, -0.25) is 4.79 Å². The van der Waals surface area contributed by atoms with Crippen molar-refractivity contribution in [3.63, 3.8) is 0 Å². The maximum Gasteiger partial charge on any atom is 0.256 e. The number of halogens is 2. The Labute approximate surface area is 166 Å². The minimum absolute atomic E-state index is 0.0448. The first kappa shape index (κ1) is 19.9. The first-order valence-electron chi connectivity index (χ1n) is 8.60. The Kier molecular flexibility index (Phi) is 6.02. The van der Waals surface area contributed by atoms with Gasteiger partial charge in [-0.2, -0.15) is 0 Å². The lowest BCUT2D eigenvalue weighted by Crippen LogP contribution is -2.31. The van der Waals surface area contributed by atoms with Gasteiger partial charge in [0.2, 0.25) is 5.91 Å². The number of likely N-dealkylation sites (N-methyl/N-ethyl adjacent to an activating group) is 1. The average Bonchev–Trinajstić information content (AvgIpc) is 3.09. The number of amides is 1. The summed E-state index contributed by atoms with van der Waals surface area (Å²) < 4.78 is 35.6. The molecule has 0 atom stereocenters. The van der Waals surface area contributed by atoms with E-state index in [1.807, 2.05) is 0 Å². The highest BCUT2D eigenvalue weighted by Gasteiger charge is 2.23. The standard InChI is InChI=1S/C17H20F2N6O2S/c1-23-5-6-24(4-3-15(23)26)16-13(18)7-12(8-14(16)19)25-10-11(21-22-25)9-20-17(28)27-2/h7-8,10H,3-6,9H2,1-2H3,(H,20,28). The number of benzene rings is 1. The lowest BCUT2D eigenvalue weighted by Gasteiger charge is -2.23. The van der Waals surface area contributed by atoms with Crippen molar-refractivity contribution in [1.29, 1.82) is 0 Å². The maximum absolute atomic E-state index is 14.7. The van der Waals surface area contributed by atoms with Crippen LogP contribution in [0, 0.1) is 11.6 Å². The summed E-state index contributed by atoms with van der Waals surface area (Å²) in [7, 11) is 3.12. The van der Waals surface area contributed by atoms with E-state index < -0.39 is 11.6 Å². The lowest BCUT2D eigenvalue weighted by atomic mass is 10.2. The molecule has 1 N–H and O–H groups in total. The number of ether oxygens (including phenoxy) is 1. The van der Waals surface area contributed by atoms with E-state index in [1.165, 1.54) is 23.9 Å². The number of nitrogens with one attached hydrogen (secondary N) is 1. The number of thiocarbonyl (C=S) groups is 1. The average molecular weight is 410 g/mol. The SMILES string of the molecule is COC(=S)NCc1cn(-c2cc(F)c(N3CCC(=O)N(C)CC3)c(F)c2)nn1. The Morgan fingerprint density at radius 2 is 2.00 bits per heavy atom. The van der Waals surface area contributed by atoms with E-state index in [0.29, 0.717) is 18.8 Å². The van der Waals surface area contributed by atoms with Gasteiger partial charge in [0, 0.05) is 45.2 Å². The van der Waals surface area contributed by atoms with Crippen LogP contribution in [0.3, 0.4) is 0 Å². The van der Waals surface area contributed by atoms with Crippen molar-refractivity contribution in [2.24, 2.45) is 0 Å². The molecular weight excluding hydrogens is 390 g/mol. The number of nitrogens with zero attached hydrogens (tertiary/aromatic N) is 5. The van der Waals surface area contributed by atoms with Gasteiger partial charge in [0.15, 0.2) is 11.6 Å². The van der Waals surface area contributed by atoms with Gasteiger partial charge in [0.25, 0.3) is 5.17 Å². The third-order valence-corrected chi connectivity index (χ3v) is 4.76. The first-order valence-corrected chi connectivity index (χ1v) is 9.01. The van der Waals surface area contributed by atoms with Crippen molar-refractivity contribution in [1.82, 2.24) is 25.2 Å². The normalized spacial score (nSPS) is 14.8. The molecule has 1 aromatic heterocycles. The molecule has 150 valence electrons. The molecule has 2 aromatic rings. The molecule has 0 unspecified atom stereocenters. The monoisotopic (exact) mass is 410 g/mol. The van der Waals surface area contributed by atoms with Gasteiger partial charge in [0.05, 0.1) is 25.5 Å². The molecule has 1 aliphatic heterocycles. The van der Waals surface area contributed by atoms with E-state index >= 15 is 0 Å². The predicted octanol–water partition coefficient (Wildman–Crippen LogP) is 1.23. The smallest absolute Gasteiger partial charge is 0.256 e. The maximum atomic E-state index is 14.7. The van der Waals surface area contributed by atoms with Gasteiger partial charge < -0.3 is 19.9 Å². The number of anilines is 1. The number of rotatable bonds is 4. The van der Waals surface area contributed by atoms with Crippen molar-refractivity contribution in [2.45, 2.75) is 13.0 Å². The van der Waals surface area contributed by atoms with E-state index in [9.17, 15) is 13.6 Å². The van der Waals surface area contributed by atoms with Gasteiger partial charge in [-0.25, -0.2) is 13.5 Å². The van der Waals surface area contributed by atoms with E-state index in [2.05, 4.69) is 15.6 Å². The number of carbonyl (C=O) groups excluding carboxylic acids is 1. The fourth-order valence-corrected chi connectivity index (χ4v) is 2.95. The van der Waals surface area contributed by atoms with Crippen LogP contribution in [0.5, 0.6) is 0 Å². The predicted molar refractivity (Wildman–Crippen MR) is 102 cm³/mol. The Morgan fingerprint density at radius 1 is 1.29 bits per heavy atom. The lowest BCUT2D eigenvalue weighted by molar-refractivity contribution is -0.129. The van der Waals surface area contributed by atoms with E-state index in [-0.39, 0.29) is 42.0 Å². The van der Waals surface area contributed by atoms with Crippen LogP contribution in [0.25, 0.3) is 5.69 Å². The first-order chi connectivity index (χ1) is 13.4. The van der Waals surface area contributed by atoms with Gasteiger partial charge in [0.1, 0.15) is 11.4 Å². The van der Waals surface area contributed by atoms with Gasteiger partial charge >= 0.3 is 0 Å². The molecular formula is C17H20F2N6O2S. The van der Waals surface area contributed by atoms with Crippen molar-refractivity contribution in [3.05, 3.63) is 35.7 Å². The summed E-state index contributed by atoms with van der Waals surface area (Å²) in [5, 5.41) is 10.8. The van der Waals surface area contributed by atoms with E-state index in [0.717, 1.165) is 0 Å². The molecule has 0 radical (unpaired) electrons. The summed E-state index contributed by atoms with van der Waals surface area (Å²) in [6, 6.07) is 2.39. The van der Waals surface area contributed by atoms with Gasteiger partial charge in [-0.05, 0) is 12.2 Å². The molecule has 8 nitrogen and oxygen atoms in total. The third kappa shape index (κ3) is 4.35. The Bertz CT molecular complexity index is 867. The second-order valence-electron chi connectivity index (χ2n) is 6.31. The summed E-state index contributed by atoms with van der Waals surface area (Å²) in [6.45, 7) is 1.29. The Hall–Kier alpha value is -2.82. The molecule has 1 fully saturated rings. The molecule has 1 saturated heterocycles. The molecule has 2 heterocycles. The minimum Gasteiger partial charge on any atom is -0.474 e. The molecule has 0 spiro atoms. The van der Waals surface area contributed by atoms with Crippen LogP contribution in [0.15, 0.2) is 18.3 Å². The zero-order valence-electron chi connectivity index (χ0n) is 15.5. The highest BCUT2D eigenvalue weighted by atomic mass is 32.1. The molecule has 28 heavy (non-hydrogen) atoms. The fourth-order valence-electron chi connectivity index (χ4n) is 2.88. The zero-order valence-corrected chi connectivity index (χ0v) is 16.3. The zero-order chi connectivity index (χ0) is 20.3. The summed E-state index contributed by atoms with van der Waals surface area (Å²) in [5.41, 5.74) is 0.590. The molecule has 1 aromatic carbocycles. The number of aromatic nitrogens is 3. The molecule has 11 heteroatoms. The summed E-state index contributed by atoms with van der Waals surface area (Å²) in [4.78, 5) is 14.9. The van der Waals surface area contributed by atoms with E-state index in [4.69, 9.17) is 17.0 Å². The van der Waals surface area contributed by atoms with Crippen LogP contribution in [0.4, 0.5) is 14.5 Å². The van der Waals surface area contributed by atoms with Crippen molar-refractivity contribution >= 4 is 29.0 Å². The number of hydrogen-bond acceptors (Lipinski definition) is 6. The van der Waals surface area contributed by atoms with Crippen LogP contribution in [0.1, 0.15) is 12.1 Å². The Morgan fingerprint density at radius 3 is 2.68 bits per heavy atom. The third-order valence-electron chi connectivity index (χ3n) is 4.45. The summed E-state index contributed by atoms with van der Waals surface area (Å²) in [5.74, 6) is -1.48. The number of hydrogen-bond donors (Lipinski definition) is 1. The molecule has 0 aliphatic carbocycles. The van der Waals surface area contributed by atoms with Crippen LogP contribution in [-0.4, -0.2) is 64.8 Å². The quantitative estimate of drug-likeness (QED) is 0.760. The molecule has 1 amide bonds. The topological polar surface area (TPSA) is 75.5 Å². The van der Waals surface area contributed by atoms with Crippen molar-refractivity contribution in [2.75, 3.05) is 38.7 Å². The second kappa shape index (κ2) is 8.46. The fraction of sp³-hybridized carbons (Fsp3) is 0.412. The largest absolute Gasteiger partial charge is 0.474 e. The summed E-state index contributed by atoms with van der Waals surface area (Å²) >= 11 is 4.87. The minimum atomic E-state index is -0.720. The highest BCUT2D eigenvalue weighted by molar-refractivity contribution is 7.80. The van der Waals surface area contributed by atoms with Crippen LogP contribution in [-0.2, 0) is 16.1 Å². The molecule has 0 bridgehead atoms. The van der Waals surface area contributed by atoms with Gasteiger partial charge in [-0.15, -0.1) is 5.10 Å². The summed E-state index contributed by atoms with van der Waals surface area (Å²) in [6.07, 6.45) is 1.75. The van der Waals surface area contributed by atoms with Crippen molar-refractivity contribution in [3.8, 4) is 5.69 Å². The number of methoxy groups -OCH3 is 1.